The van der Waals surface area contributed by atoms with Gasteiger partial charge in [-0.15, -0.1) is 0 Å². The van der Waals surface area contributed by atoms with Crippen LogP contribution >= 0.6 is 0 Å². The topological polar surface area (TPSA) is 45.7 Å². The van der Waals surface area contributed by atoms with E-state index in [0.29, 0.717) is 12.6 Å². The number of hydrogen-bond donors (Lipinski definition) is 2. The summed E-state index contributed by atoms with van der Waals surface area (Å²) in [5.41, 5.74) is 0.883. The van der Waals surface area contributed by atoms with E-state index in [4.69, 9.17) is 4.74 Å². The highest BCUT2D eigenvalue weighted by Gasteiger charge is 2.14. The number of hydrogen-bond acceptors (Lipinski definition) is 2. The SMILES string of the molecule is CCNC(=NCc1ccccc1OC(C)(C)C)NC(C)C. The summed E-state index contributed by atoms with van der Waals surface area (Å²) in [4.78, 5) is 4.63. The van der Waals surface area contributed by atoms with Crippen molar-refractivity contribution in [2.45, 2.75) is 59.7 Å². The first-order chi connectivity index (χ1) is 9.81. The van der Waals surface area contributed by atoms with Crippen molar-refractivity contribution in [3.63, 3.8) is 0 Å². The average molecular weight is 291 g/mol. The van der Waals surface area contributed by atoms with Crippen LogP contribution in [-0.2, 0) is 6.54 Å². The summed E-state index contributed by atoms with van der Waals surface area (Å²) in [5.74, 6) is 1.73. The van der Waals surface area contributed by atoms with Crippen molar-refractivity contribution >= 4 is 5.96 Å². The van der Waals surface area contributed by atoms with Gasteiger partial charge in [0.1, 0.15) is 11.4 Å². The number of aliphatic imine (C=N–C) groups is 1. The molecule has 0 aliphatic rings. The second kappa shape index (κ2) is 7.91. The first-order valence-corrected chi connectivity index (χ1v) is 7.63. The molecule has 2 N–H and O–H groups in total. The Morgan fingerprint density at radius 2 is 1.90 bits per heavy atom. The first-order valence-electron chi connectivity index (χ1n) is 7.63. The zero-order chi connectivity index (χ0) is 15.9. The number of nitrogens with zero attached hydrogens (tertiary/aromatic N) is 1. The molecular formula is C17H29N3O. The molecule has 1 rings (SSSR count). The van der Waals surface area contributed by atoms with Crippen molar-refractivity contribution in [3.8, 4) is 5.75 Å². The summed E-state index contributed by atoms with van der Waals surface area (Å²) in [6, 6.07) is 8.42. The predicted molar refractivity (Wildman–Crippen MR) is 89.9 cm³/mol. The highest BCUT2D eigenvalue weighted by atomic mass is 16.5. The van der Waals surface area contributed by atoms with E-state index in [9.17, 15) is 0 Å². The van der Waals surface area contributed by atoms with E-state index in [2.05, 4.69) is 63.2 Å². The summed E-state index contributed by atoms with van der Waals surface area (Å²) in [6.07, 6.45) is 0. The summed E-state index contributed by atoms with van der Waals surface area (Å²) in [5, 5.41) is 6.57. The fraction of sp³-hybridized carbons (Fsp3) is 0.588. The molecule has 0 saturated carbocycles. The lowest BCUT2D eigenvalue weighted by atomic mass is 10.1. The summed E-state index contributed by atoms with van der Waals surface area (Å²) in [7, 11) is 0. The van der Waals surface area contributed by atoms with Crippen LogP contribution in [0, 0.1) is 0 Å². The van der Waals surface area contributed by atoms with Crippen LogP contribution in [0.25, 0.3) is 0 Å². The van der Waals surface area contributed by atoms with Crippen molar-refractivity contribution in [2.24, 2.45) is 4.99 Å². The molecule has 4 heteroatoms. The fourth-order valence-electron chi connectivity index (χ4n) is 1.82. The molecular weight excluding hydrogens is 262 g/mol. The molecule has 118 valence electrons. The van der Waals surface area contributed by atoms with Crippen LogP contribution in [0.2, 0.25) is 0 Å². The van der Waals surface area contributed by atoms with Gasteiger partial charge < -0.3 is 15.4 Å². The van der Waals surface area contributed by atoms with Crippen molar-refractivity contribution < 1.29 is 4.74 Å². The van der Waals surface area contributed by atoms with Crippen molar-refractivity contribution in [1.82, 2.24) is 10.6 Å². The van der Waals surface area contributed by atoms with Crippen LogP contribution in [-0.4, -0.2) is 24.1 Å². The maximum absolute atomic E-state index is 6.00. The Morgan fingerprint density at radius 1 is 1.24 bits per heavy atom. The van der Waals surface area contributed by atoms with Crippen LogP contribution in [0.15, 0.2) is 29.3 Å². The average Bonchev–Trinajstić information content (AvgIpc) is 2.35. The van der Waals surface area contributed by atoms with Crippen molar-refractivity contribution in [1.29, 1.82) is 0 Å². The number of ether oxygens (including phenoxy) is 1. The zero-order valence-corrected chi connectivity index (χ0v) is 14.2. The highest BCUT2D eigenvalue weighted by molar-refractivity contribution is 5.80. The van der Waals surface area contributed by atoms with E-state index in [-0.39, 0.29) is 5.60 Å². The third kappa shape index (κ3) is 7.02. The summed E-state index contributed by atoms with van der Waals surface area (Å²) < 4.78 is 6.00. The van der Waals surface area contributed by atoms with Gasteiger partial charge in [-0.3, -0.25) is 0 Å². The maximum atomic E-state index is 6.00. The number of nitrogens with one attached hydrogen (secondary N) is 2. The minimum absolute atomic E-state index is 0.208. The molecule has 0 aliphatic heterocycles. The molecule has 0 saturated heterocycles. The first kappa shape index (κ1) is 17.3. The predicted octanol–water partition coefficient (Wildman–Crippen LogP) is 3.33. The molecule has 0 bridgehead atoms. The summed E-state index contributed by atoms with van der Waals surface area (Å²) >= 11 is 0. The Balaban J connectivity index is 2.85. The maximum Gasteiger partial charge on any atom is 0.191 e. The number of para-hydroxylation sites is 1. The van der Waals surface area contributed by atoms with Crippen LogP contribution in [0.1, 0.15) is 47.1 Å². The third-order valence-corrected chi connectivity index (χ3v) is 2.57. The lowest BCUT2D eigenvalue weighted by Crippen LogP contribution is -2.41. The molecule has 0 aromatic heterocycles. The van der Waals surface area contributed by atoms with E-state index in [1.165, 1.54) is 0 Å². The van der Waals surface area contributed by atoms with Gasteiger partial charge in [-0.2, -0.15) is 0 Å². The number of benzene rings is 1. The minimum Gasteiger partial charge on any atom is -0.488 e. The van der Waals surface area contributed by atoms with Gasteiger partial charge in [0.05, 0.1) is 6.54 Å². The molecule has 0 radical (unpaired) electrons. The van der Waals surface area contributed by atoms with Crippen LogP contribution in [0.3, 0.4) is 0 Å². The van der Waals surface area contributed by atoms with E-state index >= 15 is 0 Å². The van der Waals surface area contributed by atoms with Crippen LogP contribution in [0.4, 0.5) is 0 Å². The summed E-state index contributed by atoms with van der Waals surface area (Å²) in [6.45, 7) is 13.9. The van der Waals surface area contributed by atoms with Crippen molar-refractivity contribution in [2.75, 3.05) is 6.54 Å². The molecule has 4 nitrogen and oxygen atoms in total. The number of rotatable bonds is 5. The molecule has 0 spiro atoms. The Kier molecular flexibility index (Phi) is 6.53. The molecule has 0 heterocycles. The standard InChI is InChI=1S/C17H29N3O/c1-7-18-16(20-13(2)3)19-12-14-10-8-9-11-15(14)21-17(4,5)6/h8-11,13H,7,12H2,1-6H3,(H2,18,19,20). The van der Waals surface area contributed by atoms with E-state index < -0.39 is 0 Å². The highest BCUT2D eigenvalue weighted by Crippen LogP contribution is 2.23. The normalized spacial score (nSPS) is 12.4. The monoisotopic (exact) mass is 291 g/mol. The largest absolute Gasteiger partial charge is 0.488 e. The van der Waals surface area contributed by atoms with Gasteiger partial charge in [-0.1, -0.05) is 18.2 Å². The van der Waals surface area contributed by atoms with E-state index in [1.807, 2.05) is 18.2 Å². The molecule has 1 aromatic rings. The van der Waals surface area contributed by atoms with Gasteiger partial charge in [0.25, 0.3) is 0 Å². The molecule has 0 aliphatic carbocycles. The third-order valence-electron chi connectivity index (χ3n) is 2.57. The zero-order valence-electron chi connectivity index (χ0n) is 14.2. The van der Waals surface area contributed by atoms with E-state index in [0.717, 1.165) is 23.8 Å². The Hall–Kier alpha value is -1.71. The number of guanidine groups is 1. The molecule has 0 atom stereocenters. The molecule has 0 unspecified atom stereocenters. The Bertz CT molecular complexity index is 461. The second-order valence-electron chi connectivity index (χ2n) is 6.32. The van der Waals surface area contributed by atoms with Crippen LogP contribution in [0.5, 0.6) is 5.75 Å². The van der Waals surface area contributed by atoms with Gasteiger partial charge in [-0.05, 0) is 47.6 Å². The Morgan fingerprint density at radius 3 is 2.48 bits per heavy atom. The van der Waals surface area contributed by atoms with E-state index in [1.54, 1.807) is 0 Å². The van der Waals surface area contributed by atoms with Gasteiger partial charge in [0.2, 0.25) is 0 Å². The van der Waals surface area contributed by atoms with Gasteiger partial charge in [0, 0.05) is 18.2 Å². The molecule has 1 aromatic carbocycles. The smallest absolute Gasteiger partial charge is 0.191 e. The lowest BCUT2D eigenvalue weighted by molar-refractivity contribution is 0.129. The minimum atomic E-state index is -0.208. The van der Waals surface area contributed by atoms with Gasteiger partial charge in [-0.25, -0.2) is 4.99 Å². The quantitative estimate of drug-likeness (QED) is 0.646. The second-order valence-corrected chi connectivity index (χ2v) is 6.32. The van der Waals surface area contributed by atoms with Crippen LogP contribution < -0.4 is 15.4 Å². The van der Waals surface area contributed by atoms with Gasteiger partial charge >= 0.3 is 0 Å². The molecule has 0 amide bonds. The Labute approximate surface area is 129 Å². The fourth-order valence-corrected chi connectivity index (χ4v) is 1.82. The lowest BCUT2D eigenvalue weighted by Gasteiger charge is -2.23. The van der Waals surface area contributed by atoms with Crippen molar-refractivity contribution in [3.05, 3.63) is 29.8 Å². The molecule has 21 heavy (non-hydrogen) atoms. The molecule has 0 fully saturated rings. The van der Waals surface area contributed by atoms with Gasteiger partial charge in [0.15, 0.2) is 5.96 Å².